The van der Waals surface area contributed by atoms with Crippen molar-refractivity contribution in [2.75, 3.05) is 30.8 Å². The van der Waals surface area contributed by atoms with Crippen LogP contribution in [0, 0.1) is 6.92 Å². The number of methoxy groups -OCH3 is 1. The van der Waals surface area contributed by atoms with Gasteiger partial charge in [0.05, 0.1) is 18.7 Å². The molecular formula is C31H32N6O3S. The largest absolute Gasteiger partial charge is 0.497 e. The summed E-state index contributed by atoms with van der Waals surface area (Å²) in [4.78, 5) is 18.5. The van der Waals surface area contributed by atoms with E-state index in [2.05, 4.69) is 16.0 Å². The monoisotopic (exact) mass is 568 g/mol. The van der Waals surface area contributed by atoms with Gasteiger partial charge < -0.3 is 25.4 Å². The molecule has 0 unspecified atom stereocenters. The molecule has 0 aliphatic carbocycles. The molecule has 0 bridgehead atoms. The van der Waals surface area contributed by atoms with Crippen molar-refractivity contribution in [3.05, 3.63) is 88.9 Å². The summed E-state index contributed by atoms with van der Waals surface area (Å²) in [6.45, 7) is 4.47. The molecule has 1 fully saturated rings. The second-order valence-corrected chi connectivity index (χ2v) is 11.3. The third kappa shape index (κ3) is 6.18. The molecule has 1 aliphatic rings. The molecule has 0 saturated carbocycles. The van der Waals surface area contributed by atoms with Crippen molar-refractivity contribution in [2.45, 2.75) is 32.4 Å². The third-order valence-corrected chi connectivity index (χ3v) is 7.96. The number of amides is 1. The molecule has 2 aromatic carbocycles. The number of ether oxygens (including phenoxy) is 2. The Morgan fingerprint density at radius 3 is 2.59 bits per heavy atom. The number of benzene rings is 2. The minimum Gasteiger partial charge on any atom is -0.497 e. The fourth-order valence-corrected chi connectivity index (χ4v) is 5.69. The molecule has 5 aromatic rings. The van der Waals surface area contributed by atoms with E-state index in [1.165, 1.54) is 0 Å². The summed E-state index contributed by atoms with van der Waals surface area (Å²) in [6, 6.07) is 21.1. The van der Waals surface area contributed by atoms with Crippen LogP contribution in [0.5, 0.6) is 17.2 Å². The van der Waals surface area contributed by atoms with Gasteiger partial charge in [0.1, 0.15) is 22.6 Å². The highest BCUT2D eigenvalue weighted by Crippen LogP contribution is 2.35. The molecule has 6 rings (SSSR count). The van der Waals surface area contributed by atoms with E-state index in [4.69, 9.17) is 19.6 Å². The van der Waals surface area contributed by atoms with Crippen LogP contribution < -0.4 is 25.4 Å². The van der Waals surface area contributed by atoms with E-state index in [1.807, 2.05) is 54.1 Å². The fourth-order valence-electron chi connectivity index (χ4n) is 4.93. The predicted octanol–water partition coefficient (Wildman–Crippen LogP) is 6.07. The molecule has 3 aromatic heterocycles. The first-order valence-corrected chi connectivity index (χ1v) is 14.5. The number of anilines is 2. The van der Waals surface area contributed by atoms with Crippen molar-refractivity contribution >= 4 is 39.1 Å². The maximum Gasteiger partial charge on any atom is 0.256 e. The average Bonchev–Trinajstić information content (AvgIpc) is 3.57. The molecule has 0 spiro atoms. The van der Waals surface area contributed by atoms with Gasteiger partial charge in [-0.1, -0.05) is 12.1 Å². The second-order valence-electron chi connectivity index (χ2n) is 10.0. The Morgan fingerprint density at radius 2 is 1.88 bits per heavy atom. The number of aryl methyl sites for hydroxylation is 1. The Bertz CT molecular complexity index is 1640. The minimum atomic E-state index is -0.155. The lowest BCUT2D eigenvalue weighted by atomic mass is 10.1. The average molecular weight is 569 g/mol. The third-order valence-electron chi connectivity index (χ3n) is 7.05. The van der Waals surface area contributed by atoms with Crippen LogP contribution in [0.25, 0.3) is 11.0 Å². The molecular weight excluding hydrogens is 536 g/mol. The van der Waals surface area contributed by atoms with E-state index < -0.39 is 0 Å². The molecule has 4 heterocycles. The van der Waals surface area contributed by atoms with Gasteiger partial charge in [0.25, 0.3) is 5.91 Å². The quantitative estimate of drug-likeness (QED) is 0.198. The Morgan fingerprint density at radius 1 is 1.07 bits per heavy atom. The molecule has 10 heteroatoms. The molecule has 1 amide bonds. The Balaban J connectivity index is 1.28. The molecule has 41 heavy (non-hydrogen) atoms. The molecule has 1 saturated heterocycles. The van der Waals surface area contributed by atoms with Crippen molar-refractivity contribution in [1.29, 1.82) is 0 Å². The van der Waals surface area contributed by atoms with Gasteiger partial charge in [-0.15, -0.1) is 11.3 Å². The lowest BCUT2D eigenvalue weighted by Gasteiger charge is -2.23. The zero-order chi connectivity index (χ0) is 28.2. The first-order chi connectivity index (χ1) is 20.1. The van der Waals surface area contributed by atoms with Crippen molar-refractivity contribution in [3.63, 3.8) is 0 Å². The van der Waals surface area contributed by atoms with Gasteiger partial charge in [0.2, 0.25) is 0 Å². The van der Waals surface area contributed by atoms with E-state index in [9.17, 15) is 4.79 Å². The van der Waals surface area contributed by atoms with Crippen molar-refractivity contribution in [1.82, 2.24) is 20.1 Å². The maximum atomic E-state index is 12.7. The zero-order valence-corrected chi connectivity index (χ0v) is 23.8. The number of hydrogen-bond donors (Lipinski definition) is 3. The normalized spacial score (nSPS) is 15.0. The van der Waals surface area contributed by atoms with Crippen LogP contribution in [0.3, 0.4) is 0 Å². The highest BCUT2D eigenvalue weighted by molar-refractivity contribution is 7.16. The van der Waals surface area contributed by atoms with Crippen LogP contribution in [-0.4, -0.2) is 46.9 Å². The first kappa shape index (κ1) is 26.8. The van der Waals surface area contributed by atoms with Crippen LogP contribution in [0.4, 0.5) is 10.8 Å². The van der Waals surface area contributed by atoms with Gasteiger partial charge in [-0.2, -0.15) is 5.10 Å². The second kappa shape index (κ2) is 12.0. The molecule has 1 atom stereocenters. The first-order valence-electron chi connectivity index (χ1n) is 13.7. The minimum absolute atomic E-state index is 0.155. The van der Waals surface area contributed by atoms with Gasteiger partial charge >= 0.3 is 0 Å². The number of nitrogens with zero attached hydrogens (tertiary/aromatic N) is 3. The highest BCUT2D eigenvalue weighted by atomic mass is 32.1. The molecule has 210 valence electrons. The van der Waals surface area contributed by atoms with E-state index in [0.29, 0.717) is 23.6 Å². The number of thiophene rings is 1. The van der Waals surface area contributed by atoms with Crippen LogP contribution in [0.1, 0.15) is 33.6 Å². The predicted molar refractivity (Wildman–Crippen MR) is 163 cm³/mol. The summed E-state index contributed by atoms with van der Waals surface area (Å²) >= 11 is 1.55. The number of fused-ring (bicyclic) bond motifs is 1. The molecule has 0 radical (unpaired) electrons. The number of rotatable bonds is 9. The van der Waals surface area contributed by atoms with Gasteiger partial charge in [-0.05, 0) is 80.4 Å². The Kier molecular flexibility index (Phi) is 7.84. The van der Waals surface area contributed by atoms with Crippen LogP contribution in [-0.2, 0) is 6.54 Å². The number of carbonyl (C=O) groups excluding carboxylic acids is 1. The van der Waals surface area contributed by atoms with Crippen LogP contribution in [0.2, 0.25) is 0 Å². The van der Waals surface area contributed by atoms with Crippen molar-refractivity contribution < 1.29 is 14.3 Å². The number of aromatic nitrogens is 3. The topological polar surface area (TPSA) is 102 Å². The van der Waals surface area contributed by atoms with Gasteiger partial charge in [-0.25, -0.2) is 9.67 Å². The molecule has 9 nitrogen and oxygen atoms in total. The summed E-state index contributed by atoms with van der Waals surface area (Å²) in [5.41, 5.74) is 2.37. The van der Waals surface area contributed by atoms with E-state index in [0.717, 1.165) is 64.0 Å². The SMILES string of the molecule is COc1ccc(Cn2nc(N[C@@H]3CCCNC3)c3c(Oc4ccc(C(=O)Nc5ccc(C)s5)cc4)ccnc32)cc1. The fraction of sp³-hybridized carbons (Fsp3) is 0.258. The van der Waals surface area contributed by atoms with E-state index in [-0.39, 0.29) is 11.9 Å². The Hall–Kier alpha value is -4.41. The maximum absolute atomic E-state index is 12.7. The highest BCUT2D eigenvalue weighted by Gasteiger charge is 2.21. The van der Waals surface area contributed by atoms with Crippen molar-refractivity contribution in [2.24, 2.45) is 0 Å². The summed E-state index contributed by atoms with van der Waals surface area (Å²) < 4.78 is 13.6. The summed E-state index contributed by atoms with van der Waals surface area (Å²) in [7, 11) is 1.66. The van der Waals surface area contributed by atoms with Gasteiger partial charge in [0.15, 0.2) is 11.5 Å². The zero-order valence-electron chi connectivity index (χ0n) is 23.0. The van der Waals surface area contributed by atoms with Crippen LogP contribution in [0.15, 0.2) is 72.9 Å². The molecule has 1 aliphatic heterocycles. The number of piperidine rings is 1. The number of hydrogen-bond acceptors (Lipinski definition) is 8. The standard InChI is InChI=1S/C31H32N6O3S/c1-20-5-14-27(41-20)35-31(38)22-8-12-25(13-9-22)40-26-15-17-33-30-28(26)29(34-23-4-3-16-32-18-23)36-37(30)19-21-6-10-24(39-2)11-7-21/h5-15,17,23,32H,3-4,16,18-19H2,1-2H3,(H,34,36)(H,35,38)/t23-/m1/s1. The summed E-state index contributed by atoms with van der Waals surface area (Å²) in [5.74, 6) is 2.66. The summed E-state index contributed by atoms with van der Waals surface area (Å²) in [6.07, 6.45) is 3.90. The molecule has 3 N–H and O–H groups in total. The van der Waals surface area contributed by atoms with Gasteiger partial charge in [-0.3, -0.25) is 4.79 Å². The number of pyridine rings is 1. The smallest absolute Gasteiger partial charge is 0.256 e. The van der Waals surface area contributed by atoms with Crippen LogP contribution >= 0.6 is 11.3 Å². The lowest BCUT2D eigenvalue weighted by Crippen LogP contribution is -2.38. The van der Waals surface area contributed by atoms with Gasteiger partial charge in [0, 0.05) is 35.3 Å². The number of carbonyl (C=O) groups is 1. The van der Waals surface area contributed by atoms with E-state index in [1.54, 1.807) is 48.9 Å². The lowest BCUT2D eigenvalue weighted by molar-refractivity contribution is 0.102. The van der Waals surface area contributed by atoms with Crippen molar-refractivity contribution in [3.8, 4) is 17.2 Å². The Labute approximate surface area is 242 Å². The number of nitrogens with one attached hydrogen (secondary N) is 3. The van der Waals surface area contributed by atoms with E-state index >= 15 is 0 Å². The summed E-state index contributed by atoms with van der Waals surface area (Å²) in [5, 5.41) is 16.6.